The number of imidazole rings is 1. The van der Waals surface area contributed by atoms with Crippen LogP contribution >= 0.6 is 0 Å². The Balaban J connectivity index is 2.35. The van der Waals surface area contributed by atoms with Crippen molar-refractivity contribution < 1.29 is 14.7 Å². The normalized spacial score (nSPS) is 10.6. The molecule has 1 heterocycles. The molecule has 0 bridgehead atoms. The van der Waals surface area contributed by atoms with Gasteiger partial charge in [-0.2, -0.15) is 0 Å². The molecule has 7 heteroatoms. The number of carbonyl (C=O) groups is 2. The summed E-state index contributed by atoms with van der Waals surface area (Å²) in [5, 5.41) is 11.5. The number of fused-ring (bicyclic) bond motifs is 1. The van der Waals surface area contributed by atoms with Crippen molar-refractivity contribution in [3.63, 3.8) is 0 Å². The number of nitrogens with one attached hydrogen (secondary N) is 1. The Morgan fingerprint density at radius 2 is 2.21 bits per heavy atom. The van der Waals surface area contributed by atoms with Gasteiger partial charge in [0.1, 0.15) is 5.82 Å². The molecular weight excluding hydrogens is 248 g/mol. The summed E-state index contributed by atoms with van der Waals surface area (Å²) < 4.78 is 1.84. The van der Waals surface area contributed by atoms with Crippen molar-refractivity contribution in [2.75, 3.05) is 6.54 Å². The number of aryl methyl sites for hydroxylation is 1. The number of amides is 2. The second-order valence-corrected chi connectivity index (χ2v) is 4.11. The van der Waals surface area contributed by atoms with Gasteiger partial charge in [-0.3, -0.25) is 0 Å². The van der Waals surface area contributed by atoms with E-state index in [4.69, 9.17) is 10.8 Å². The number of benzene rings is 1. The van der Waals surface area contributed by atoms with Crippen LogP contribution in [0.15, 0.2) is 18.2 Å². The summed E-state index contributed by atoms with van der Waals surface area (Å²) in [4.78, 5) is 25.9. The number of aromatic nitrogens is 2. The average molecular weight is 262 g/mol. The van der Waals surface area contributed by atoms with Crippen molar-refractivity contribution in [2.24, 2.45) is 5.73 Å². The number of nitrogens with zero attached hydrogens (tertiary/aromatic N) is 2. The third-order valence-electron chi connectivity index (χ3n) is 2.82. The molecule has 0 aliphatic carbocycles. The zero-order valence-electron chi connectivity index (χ0n) is 10.4. The molecule has 0 unspecified atom stereocenters. The van der Waals surface area contributed by atoms with E-state index in [-0.39, 0.29) is 5.56 Å². The van der Waals surface area contributed by atoms with E-state index in [0.29, 0.717) is 13.1 Å². The summed E-state index contributed by atoms with van der Waals surface area (Å²) in [6, 6.07) is 4.17. The van der Waals surface area contributed by atoms with E-state index in [0.717, 1.165) is 16.9 Å². The summed E-state index contributed by atoms with van der Waals surface area (Å²) >= 11 is 0. The quantitative estimate of drug-likeness (QED) is 0.753. The fraction of sp³-hybridized carbons (Fsp3) is 0.250. The van der Waals surface area contributed by atoms with Gasteiger partial charge in [-0.15, -0.1) is 0 Å². The molecule has 2 amide bonds. The number of carboxylic acid groups (broad SMARTS) is 1. The van der Waals surface area contributed by atoms with E-state index in [1.807, 2.05) is 11.5 Å². The highest BCUT2D eigenvalue weighted by Crippen LogP contribution is 2.17. The zero-order chi connectivity index (χ0) is 14.0. The Kier molecular flexibility index (Phi) is 3.37. The van der Waals surface area contributed by atoms with Crippen molar-refractivity contribution in [3.8, 4) is 0 Å². The van der Waals surface area contributed by atoms with Crippen LogP contribution in [0.3, 0.4) is 0 Å². The number of aromatic carboxylic acids is 1. The predicted octanol–water partition coefficient (Wildman–Crippen LogP) is 0.711. The highest BCUT2D eigenvalue weighted by Gasteiger charge is 2.10. The second kappa shape index (κ2) is 4.97. The molecule has 19 heavy (non-hydrogen) atoms. The van der Waals surface area contributed by atoms with Crippen LogP contribution in [0.25, 0.3) is 11.0 Å². The molecule has 0 saturated carbocycles. The van der Waals surface area contributed by atoms with Gasteiger partial charge in [0, 0.05) is 13.1 Å². The number of carboxylic acids is 1. The summed E-state index contributed by atoms with van der Waals surface area (Å²) in [5.41, 5.74) is 6.65. The highest BCUT2D eigenvalue weighted by molar-refractivity contribution is 5.92. The van der Waals surface area contributed by atoms with E-state index < -0.39 is 12.0 Å². The lowest BCUT2D eigenvalue weighted by Crippen LogP contribution is -2.32. The first-order chi connectivity index (χ1) is 8.99. The van der Waals surface area contributed by atoms with E-state index in [2.05, 4.69) is 10.3 Å². The van der Waals surface area contributed by atoms with Crippen molar-refractivity contribution in [1.29, 1.82) is 0 Å². The van der Waals surface area contributed by atoms with Crippen LogP contribution in [-0.4, -0.2) is 33.2 Å². The standard InChI is InChI=1S/C12H14N4O3/c1-7-15-9-3-2-8(11(17)18)6-10(9)16(7)5-4-14-12(13)19/h2-3,6H,4-5H2,1H3,(H,17,18)(H3,13,14,19). The predicted molar refractivity (Wildman–Crippen MR) is 69.0 cm³/mol. The number of rotatable bonds is 4. The van der Waals surface area contributed by atoms with Crippen LogP contribution in [0.2, 0.25) is 0 Å². The third-order valence-corrected chi connectivity index (χ3v) is 2.82. The molecule has 2 aromatic rings. The molecule has 0 aliphatic rings. The minimum Gasteiger partial charge on any atom is -0.478 e. The van der Waals surface area contributed by atoms with E-state index in [1.54, 1.807) is 12.1 Å². The Morgan fingerprint density at radius 3 is 2.84 bits per heavy atom. The smallest absolute Gasteiger partial charge is 0.335 e. The van der Waals surface area contributed by atoms with Crippen LogP contribution in [-0.2, 0) is 6.54 Å². The van der Waals surface area contributed by atoms with E-state index in [9.17, 15) is 9.59 Å². The van der Waals surface area contributed by atoms with Crippen LogP contribution in [0.1, 0.15) is 16.2 Å². The number of primary amides is 1. The Bertz CT molecular complexity index is 648. The van der Waals surface area contributed by atoms with Gasteiger partial charge < -0.3 is 20.7 Å². The van der Waals surface area contributed by atoms with Gasteiger partial charge in [-0.25, -0.2) is 14.6 Å². The monoisotopic (exact) mass is 262 g/mol. The Hall–Kier alpha value is -2.57. The van der Waals surface area contributed by atoms with Gasteiger partial charge in [-0.1, -0.05) is 0 Å². The van der Waals surface area contributed by atoms with Gasteiger partial charge in [0.2, 0.25) is 0 Å². The zero-order valence-corrected chi connectivity index (χ0v) is 10.4. The molecule has 2 rings (SSSR count). The molecule has 0 saturated heterocycles. The average Bonchev–Trinajstić information content (AvgIpc) is 2.64. The van der Waals surface area contributed by atoms with E-state index >= 15 is 0 Å². The van der Waals surface area contributed by atoms with Gasteiger partial charge >= 0.3 is 12.0 Å². The van der Waals surface area contributed by atoms with Crippen LogP contribution < -0.4 is 11.1 Å². The van der Waals surface area contributed by atoms with Gasteiger partial charge in [0.15, 0.2) is 0 Å². The summed E-state index contributed by atoms with van der Waals surface area (Å²) in [5.74, 6) is -0.230. The fourth-order valence-corrected chi connectivity index (χ4v) is 1.95. The lowest BCUT2D eigenvalue weighted by Gasteiger charge is -2.07. The SMILES string of the molecule is Cc1nc2ccc(C(=O)O)cc2n1CCNC(N)=O. The Labute approximate surface area is 109 Å². The largest absolute Gasteiger partial charge is 0.478 e. The number of nitrogens with two attached hydrogens (primary N) is 1. The topological polar surface area (TPSA) is 110 Å². The lowest BCUT2D eigenvalue weighted by molar-refractivity contribution is 0.0697. The minimum absolute atomic E-state index is 0.205. The summed E-state index contributed by atoms with van der Waals surface area (Å²) in [6.07, 6.45) is 0. The van der Waals surface area contributed by atoms with Crippen LogP contribution in [0, 0.1) is 6.92 Å². The molecule has 100 valence electrons. The maximum Gasteiger partial charge on any atom is 0.335 e. The molecule has 0 fully saturated rings. The number of carbonyl (C=O) groups excluding carboxylic acids is 1. The molecule has 0 atom stereocenters. The van der Waals surface area contributed by atoms with Crippen molar-refractivity contribution in [1.82, 2.24) is 14.9 Å². The first kappa shape index (κ1) is 12.9. The van der Waals surface area contributed by atoms with Crippen LogP contribution in [0.4, 0.5) is 4.79 Å². The maximum absolute atomic E-state index is 11.0. The molecule has 1 aromatic heterocycles. The molecule has 7 nitrogen and oxygen atoms in total. The van der Waals surface area contributed by atoms with Crippen molar-refractivity contribution in [3.05, 3.63) is 29.6 Å². The van der Waals surface area contributed by atoms with Gasteiger partial charge in [-0.05, 0) is 25.1 Å². The van der Waals surface area contributed by atoms with Crippen molar-refractivity contribution in [2.45, 2.75) is 13.5 Å². The number of hydrogen-bond donors (Lipinski definition) is 3. The van der Waals surface area contributed by atoms with Crippen molar-refractivity contribution >= 4 is 23.0 Å². The molecule has 0 radical (unpaired) electrons. The number of hydrogen-bond acceptors (Lipinski definition) is 3. The number of urea groups is 1. The second-order valence-electron chi connectivity index (χ2n) is 4.11. The minimum atomic E-state index is -0.984. The van der Waals surface area contributed by atoms with Gasteiger partial charge in [0.05, 0.1) is 16.6 Å². The first-order valence-electron chi connectivity index (χ1n) is 5.72. The third kappa shape index (κ3) is 2.65. The maximum atomic E-state index is 11.0. The van der Waals surface area contributed by atoms with E-state index in [1.165, 1.54) is 6.07 Å². The summed E-state index contributed by atoms with van der Waals surface area (Å²) in [6.45, 7) is 2.66. The highest BCUT2D eigenvalue weighted by atomic mass is 16.4. The molecule has 4 N–H and O–H groups in total. The van der Waals surface area contributed by atoms with Gasteiger partial charge in [0.25, 0.3) is 0 Å². The molecule has 0 spiro atoms. The Morgan fingerprint density at radius 1 is 1.47 bits per heavy atom. The summed E-state index contributed by atoms with van der Waals surface area (Å²) in [7, 11) is 0. The fourth-order valence-electron chi connectivity index (χ4n) is 1.95. The molecular formula is C12H14N4O3. The molecule has 0 aliphatic heterocycles. The first-order valence-corrected chi connectivity index (χ1v) is 5.72. The van der Waals surface area contributed by atoms with Crippen LogP contribution in [0.5, 0.6) is 0 Å². The molecule has 1 aromatic carbocycles. The lowest BCUT2D eigenvalue weighted by atomic mass is 10.2.